The van der Waals surface area contributed by atoms with Gasteiger partial charge in [0.15, 0.2) is 17.3 Å². The van der Waals surface area contributed by atoms with E-state index in [-0.39, 0.29) is 12.2 Å². The summed E-state index contributed by atoms with van der Waals surface area (Å²) in [6.45, 7) is 0. The lowest BCUT2D eigenvalue weighted by molar-refractivity contribution is -0.137. The number of carboxylic acids is 1. The fourth-order valence-corrected chi connectivity index (χ4v) is 1.62. The molecule has 0 saturated heterocycles. The largest absolute Gasteiger partial charge is 0.492 e. The molecule has 0 aliphatic rings. The molecular weight excluding hydrogens is 227 g/mol. The number of hydrogen-bond acceptors (Lipinski definition) is 3. The SMILES string of the molecule is COc1c(F)ccc(CCCC(=O)O)c1OC. The Kier molecular flexibility index (Phi) is 4.75. The van der Waals surface area contributed by atoms with Crippen LogP contribution in [0.2, 0.25) is 0 Å². The first-order chi connectivity index (χ1) is 8.10. The highest BCUT2D eigenvalue weighted by Gasteiger charge is 2.14. The van der Waals surface area contributed by atoms with Crippen molar-refractivity contribution in [3.63, 3.8) is 0 Å². The van der Waals surface area contributed by atoms with Crippen molar-refractivity contribution in [2.75, 3.05) is 14.2 Å². The summed E-state index contributed by atoms with van der Waals surface area (Å²) in [4.78, 5) is 10.4. The number of carboxylic acid groups (broad SMARTS) is 1. The van der Waals surface area contributed by atoms with Crippen molar-refractivity contribution in [2.24, 2.45) is 0 Å². The summed E-state index contributed by atoms with van der Waals surface area (Å²) in [5.74, 6) is -0.956. The van der Waals surface area contributed by atoms with Crippen molar-refractivity contribution in [1.29, 1.82) is 0 Å². The molecule has 0 heterocycles. The van der Waals surface area contributed by atoms with E-state index in [0.29, 0.717) is 18.6 Å². The van der Waals surface area contributed by atoms with E-state index in [9.17, 15) is 9.18 Å². The van der Waals surface area contributed by atoms with Crippen molar-refractivity contribution in [3.8, 4) is 11.5 Å². The van der Waals surface area contributed by atoms with Crippen LogP contribution in [0.1, 0.15) is 18.4 Å². The van der Waals surface area contributed by atoms with Gasteiger partial charge in [-0.25, -0.2) is 4.39 Å². The maximum Gasteiger partial charge on any atom is 0.303 e. The van der Waals surface area contributed by atoms with Gasteiger partial charge in [0.2, 0.25) is 0 Å². The zero-order chi connectivity index (χ0) is 12.8. The number of methoxy groups -OCH3 is 2. The van der Waals surface area contributed by atoms with Crippen molar-refractivity contribution in [3.05, 3.63) is 23.5 Å². The monoisotopic (exact) mass is 242 g/mol. The van der Waals surface area contributed by atoms with Crippen LogP contribution in [0.15, 0.2) is 12.1 Å². The molecule has 1 N–H and O–H groups in total. The molecule has 0 aliphatic carbocycles. The Hall–Kier alpha value is -1.78. The highest BCUT2D eigenvalue weighted by atomic mass is 19.1. The molecule has 5 heteroatoms. The second kappa shape index (κ2) is 6.08. The number of benzene rings is 1. The lowest BCUT2D eigenvalue weighted by atomic mass is 10.1. The minimum absolute atomic E-state index is 0.0559. The number of carbonyl (C=O) groups is 1. The van der Waals surface area contributed by atoms with Crippen molar-refractivity contribution < 1.29 is 23.8 Å². The molecule has 0 aliphatic heterocycles. The average molecular weight is 242 g/mol. The molecule has 0 fully saturated rings. The van der Waals surface area contributed by atoms with Crippen LogP contribution in [0.4, 0.5) is 4.39 Å². The minimum atomic E-state index is -0.849. The van der Waals surface area contributed by atoms with Crippen LogP contribution < -0.4 is 9.47 Å². The van der Waals surface area contributed by atoms with Crippen LogP contribution in [-0.2, 0) is 11.2 Å². The van der Waals surface area contributed by atoms with E-state index in [0.717, 1.165) is 5.56 Å². The van der Waals surface area contributed by atoms with E-state index in [1.807, 2.05) is 0 Å². The number of ether oxygens (including phenoxy) is 2. The Labute approximate surface area is 99.0 Å². The third-order valence-electron chi connectivity index (χ3n) is 2.39. The Morgan fingerprint density at radius 3 is 2.47 bits per heavy atom. The van der Waals surface area contributed by atoms with Gasteiger partial charge in [0.1, 0.15) is 0 Å². The number of aryl methyl sites for hydroxylation is 1. The van der Waals surface area contributed by atoms with E-state index in [1.54, 1.807) is 6.07 Å². The van der Waals surface area contributed by atoms with Gasteiger partial charge in [0.25, 0.3) is 0 Å². The first-order valence-corrected chi connectivity index (χ1v) is 5.21. The Balaban J connectivity index is 2.88. The normalized spacial score (nSPS) is 10.1. The standard InChI is InChI=1S/C12H15FO4/c1-16-11-8(4-3-5-10(14)15)6-7-9(13)12(11)17-2/h6-7H,3-5H2,1-2H3,(H,14,15). The van der Waals surface area contributed by atoms with Gasteiger partial charge in [-0.1, -0.05) is 6.07 Å². The highest BCUT2D eigenvalue weighted by Crippen LogP contribution is 2.34. The van der Waals surface area contributed by atoms with Gasteiger partial charge in [-0.15, -0.1) is 0 Å². The maximum atomic E-state index is 13.4. The predicted molar refractivity (Wildman–Crippen MR) is 60.1 cm³/mol. The van der Waals surface area contributed by atoms with Crippen LogP contribution in [0.3, 0.4) is 0 Å². The molecule has 0 spiro atoms. The molecule has 0 aromatic heterocycles. The van der Waals surface area contributed by atoms with Gasteiger partial charge in [-0.3, -0.25) is 4.79 Å². The molecular formula is C12H15FO4. The summed E-state index contributed by atoms with van der Waals surface area (Å²) in [5, 5.41) is 8.55. The summed E-state index contributed by atoms with van der Waals surface area (Å²) >= 11 is 0. The van der Waals surface area contributed by atoms with E-state index in [1.165, 1.54) is 20.3 Å². The minimum Gasteiger partial charge on any atom is -0.492 e. The molecule has 1 aromatic rings. The molecule has 0 atom stereocenters. The number of aliphatic carboxylic acids is 1. The van der Waals surface area contributed by atoms with Gasteiger partial charge >= 0.3 is 5.97 Å². The van der Waals surface area contributed by atoms with Crippen LogP contribution in [0.5, 0.6) is 11.5 Å². The summed E-state index contributed by atoms with van der Waals surface area (Å²) in [6.07, 6.45) is 1.05. The van der Waals surface area contributed by atoms with Gasteiger partial charge in [-0.2, -0.15) is 0 Å². The lowest BCUT2D eigenvalue weighted by Gasteiger charge is -2.12. The van der Waals surface area contributed by atoms with Gasteiger partial charge < -0.3 is 14.6 Å². The van der Waals surface area contributed by atoms with Crippen LogP contribution in [0.25, 0.3) is 0 Å². The van der Waals surface area contributed by atoms with Gasteiger partial charge in [0, 0.05) is 6.42 Å². The van der Waals surface area contributed by atoms with Crippen molar-refractivity contribution in [2.45, 2.75) is 19.3 Å². The van der Waals surface area contributed by atoms with Crippen LogP contribution in [0, 0.1) is 5.82 Å². The van der Waals surface area contributed by atoms with Crippen LogP contribution in [-0.4, -0.2) is 25.3 Å². The van der Waals surface area contributed by atoms with Crippen molar-refractivity contribution >= 4 is 5.97 Å². The third-order valence-corrected chi connectivity index (χ3v) is 2.39. The zero-order valence-electron chi connectivity index (χ0n) is 9.83. The van der Waals surface area contributed by atoms with Crippen molar-refractivity contribution in [1.82, 2.24) is 0 Å². The summed E-state index contributed by atoms with van der Waals surface area (Å²) in [5.41, 5.74) is 0.743. The third kappa shape index (κ3) is 3.34. The molecule has 0 amide bonds. The Bertz CT molecular complexity index is 404. The summed E-state index contributed by atoms with van der Waals surface area (Å²) in [6, 6.07) is 2.87. The van der Waals surface area contributed by atoms with E-state index >= 15 is 0 Å². The molecule has 0 radical (unpaired) electrons. The molecule has 0 saturated carbocycles. The highest BCUT2D eigenvalue weighted by molar-refractivity contribution is 5.66. The smallest absolute Gasteiger partial charge is 0.303 e. The number of hydrogen-bond donors (Lipinski definition) is 1. The number of rotatable bonds is 6. The number of halogens is 1. The second-order valence-corrected chi connectivity index (χ2v) is 3.52. The van der Waals surface area contributed by atoms with E-state index in [2.05, 4.69) is 0 Å². The van der Waals surface area contributed by atoms with E-state index in [4.69, 9.17) is 14.6 Å². The molecule has 1 rings (SSSR count). The topological polar surface area (TPSA) is 55.8 Å². The summed E-state index contributed by atoms with van der Waals surface area (Å²) in [7, 11) is 2.79. The lowest BCUT2D eigenvalue weighted by Crippen LogP contribution is -2.00. The molecule has 4 nitrogen and oxygen atoms in total. The molecule has 1 aromatic carbocycles. The Morgan fingerprint density at radius 2 is 1.94 bits per heavy atom. The molecule has 0 unspecified atom stereocenters. The molecule has 17 heavy (non-hydrogen) atoms. The van der Waals surface area contributed by atoms with Gasteiger partial charge in [0.05, 0.1) is 14.2 Å². The maximum absolute atomic E-state index is 13.4. The fraction of sp³-hybridized carbons (Fsp3) is 0.417. The zero-order valence-corrected chi connectivity index (χ0v) is 9.83. The van der Waals surface area contributed by atoms with Gasteiger partial charge in [-0.05, 0) is 24.5 Å². The first-order valence-electron chi connectivity index (χ1n) is 5.21. The quantitative estimate of drug-likeness (QED) is 0.831. The van der Waals surface area contributed by atoms with Crippen LogP contribution >= 0.6 is 0 Å². The second-order valence-electron chi connectivity index (χ2n) is 3.52. The molecule has 0 bridgehead atoms. The van der Waals surface area contributed by atoms with E-state index < -0.39 is 11.8 Å². The first kappa shape index (κ1) is 13.3. The predicted octanol–water partition coefficient (Wildman–Crippen LogP) is 2.25. The Morgan fingerprint density at radius 1 is 1.29 bits per heavy atom. The fourth-order valence-electron chi connectivity index (χ4n) is 1.62. The summed E-state index contributed by atoms with van der Waals surface area (Å²) < 4.78 is 23.4. The average Bonchev–Trinajstić information content (AvgIpc) is 2.29. The molecule has 94 valence electrons.